The van der Waals surface area contributed by atoms with E-state index in [0.29, 0.717) is 5.56 Å². The van der Waals surface area contributed by atoms with Crippen LogP contribution in [0.15, 0.2) is 30.3 Å². The van der Waals surface area contributed by atoms with Crippen molar-refractivity contribution in [3.63, 3.8) is 0 Å². The normalized spacial score (nSPS) is 14.0. The zero-order chi connectivity index (χ0) is 12.7. The average Bonchev–Trinajstić information content (AvgIpc) is 2.35. The molecule has 7 heteroatoms. The van der Waals surface area contributed by atoms with Crippen LogP contribution in [0.1, 0.15) is 17.3 Å². The minimum Gasteiger partial charge on any atom is -0.340 e. The van der Waals surface area contributed by atoms with Gasteiger partial charge in [0.2, 0.25) is 0 Å². The van der Waals surface area contributed by atoms with Crippen molar-refractivity contribution in [2.24, 2.45) is 0 Å². The Hall–Kier alpha value is -1.20. The number of hydrogen-bond donors (Lipinski definition) is 2. The Morgan fingerprint density at radius 1 is 1.41 bits per heavy atom. The lowest BCUT2D eigenvalue weighted by atomic mass is 10.2. The van der Waals surface area contributed by atoms with E-state index in [9.17, 15) is 14.3 Å². The first-order valence-corrected chi connectivity index (χ1v) is 6.77. The van der Waals surface area contributed by atoms with Gasteiger partial charge in [-0.3, -0.25) is 9.36 Å². The van der Waals surface area contributed by atoms with Crippen molar-refractivity contribution in [3.05, 3.63) is 35.9 Å². The van der Waals surface area contributed by atoms with Crippen molar-refractivity contribution >= 4 is 13.5 Å². The minimum absolute atomic E-state index is 0.150. The molecule has 6 nitrogen and oxygen atoms in total. The molecule has 0 saturated carbocycles. The molecule has 2 N–H and O–H groups in total. The molecule has 0 saturated heterocycles. The zero-order valence-electron chi connectivity index (χ0n) is 9.33. The maximum atomic E-state index is 11.5. The Morgan fingerprint density at radius 2 is 2.06 bits per heavy atom. The molecule has 1 aromatic carbocycles. The molecule has 0 heterocycles. The molecule has 0 fully saturated rings. The third-order valence-electron chi connectivity index (χ3n) is 1.76. The molecule has 0 aliphatic rings. The Bertz CT molecular complexity index is 408. The summed E-state index contributed by atoms with van der Waals surface area (Å²) in [6.07, 6.45) is -0.499. The Kier molecular flexibility index (Phi) is 5.31. The molecule has 1 aromatic rings. The lowest BCUT2D eigenvalue weighted by Gasteiger charge is -2.11. The van der Waals surface area contributed by atoms with Crippen molar-refractivity contribution in [2.75, 3.05) is 12.9 Å². The summed E-state index contributed by atoms with van der Waals surface area (Å²) in [7, 11) is -3.94. The summed E-state index contributed by atoms with van der Waals surface area (Å²) in [5.41, 5.74) is 0.406. The Balaban J connectivity index is 2.46. The van der Waals surface area contributed by atoms with Crippen LogP contribution in [0.3, 0.4) is 0 Å². The van der Waals surface area contributed by atoms with Crippen molar-refractivity contribution in [1.82, 2.24) is 5.32 Å². The van der Waals surface area contributed by atoms with E-state index in [1.54, 1.807) is 37.3 Å². The highest BCUT2D eigenvalue weighted by atomic mass is 31.2. The molecule has 1 rings (SSSR count). The van der Waals surface area contributed by atoms with Gasteiger partial charge in [0.05, 0.1) is 6.61 Å². The summed E-state index contributed by atoms with van der Waals surface area (Å²) in [5, 5.41) is 2.29. The van der Waals surface area contributed by atoms with E-state index in [1.165, 1.54) is 0 Å². The smallest absolute Gasteiger partial charge is 0.340 e. The van der Waals surface area contributed by atoms with Gasteiger partial charge < -0.3 is 10.2 Å². The summed E-state index contributed by atoms with van der Waals surface area (Å²) < 4.78 is 15.6. The van der Waals surface area contributed by atoms with Gasteiger partial charge in [0.15, 0.2) is 0 Å². The van der Waals surface area contributed by atoms with Crippen LogP contribution in [0.2, 0.25) is 0 Å². The van der Waals surface area contributed by atoms with Gasteiger partial charge in [-0.25, -0.2) is 4.89 Å². The van der Waals surface area contributed by atoms with Gasteiger partial charge in [-0.1, -0.05) is 18.2 Å². The third kappa shape index (κ3) is 5.10. The summed E-state index contributed by atoms with van der Waals surface area (Å²) >= 11 is 0. The molecular weight excluding hydrogens is 245 g/mol. The van der Waals surface area contributed by atoms with Crippen LogP contribution >= 0.6 is 7.60 Å². The lowest BCUT2D eigenvalue weighted by Crippen LogP contribution is -2.24. The van der Waals surface area contributed by atoms with Crippen LogP contribution in [0.25, 0.3) is 0 Å². The molecule has 0 radical (unpaired) electrons. The molecule has 1 unspecified atom stereocenters. The standard InChI is InChI=1S/C10H14NO5P/c1-2-15-16-17(13,14)8-11-10(12)9-6-4-3-5-7-9/h3-7H,2,8H2,1H3,(H,11,12)(H,13,14). The van der Waals surface area contributed by atoms with Crippen LogP contribution in [-0.4, -0.2) is 23.7 Å². The van der Waals surface area contributed by atoms with Crippen molar-refractivity contribution in [3.8, 4) is 0 Å². The van der Waals surface area contributed by atoms with Crippen LogP contribution in [0, 0.1) is 0 Å². The van der Waals surface area contributed by atoms with E-state index in [2.05, 4.69) is 14.9 Å². The van der Waals surface area contributed by atoms with Crippen LogP contribution in [0.5, 0.6) is 0 Å². The molecule has 0 aliphatic heterocycles. The van der Waals surface area contributed by atoms with E-state index >= 15 is 0 Å². The number of nitrogens with one attached hydrogen (secondary N) is 1. The highest BCUT2D eigenvalue weighted by Gasteiger charge is 2.21. The van der Waals surface area contributed by atoms with Crippen molar-refractivity contribution < 1.29 is 23.8 Å². The van der Waals surface area contributed by atoms with Gasteiger partial charge in [0, 0.05) is 5.56 Å². The first-order chi connectivity index (χ1) is 8.05. The quantitative estimate of drug-likeness (QED) is 0.459. The number of amides is 1. The number of rotatable bonds is 6. The summed E-state index contributed by atoms with van der Waals surface area (Å²) in [5.74, 6) is -0.444. The molecule has 17 heavy (non-hydrogen) atoms. The maximum Gasteiger partial charge on any atom is 0.374 e. The van der Waals surface area contributed by atoms with Gasteiger partial charge in [0.25, 0.3) is 5.91 Å². The van der Waals surface area contributed by atoms with E-state index in [1.807, 2.05) is 0 Å². The van der Waals surface area contributed by atoms with Crippen molar-refractivity contribution in [1.29, 1.82) is 0 Å². The summed E-state index contributed by atoms with van der Waals surface area (Å²) in [6.45, 7) is 1.76. The molecule has 0 aromatic heterocycles. The molecule has 1 amide bonds. The molecule has 0 aliphatic carbocycles. The van der Waals surface area contributed by atoms with Crippen LogP contribution in [-0.2, 0) is 14.1 Å². The first-order valence-electron chi connectivity index (χ1n) is 5.01. The van der Waals surface area contributed by atoms with Gasteiger partial charge in [-0.05, 0) is 19.1 Å². The molecule has 0 bridgehead atoms. The second kappa shape index (κ2) is 6.51. The minimum atomic E-state index is -3.94. The maximum absolute atomic E-state index is 11.5. The number of carbonyl (C=O) groups is 1. The fraction of sp³-hybridized carbons (Fsp3) is 0.300. The van der Waals surface area contributed by atoms with Gasteiger partial charge in [0.1, 0.15) is 6.29 Å². The SMILES string of the molecule is CCOOP(=O)(O)CNC(=O)c1ccccc1. The summed E-state index contributed by atoms with van der Waals surface area (Å²) in [6, 6.07) is 8.36. The second-order valence-electron chi connectivity index (χ2n) is 3.15. The topological polar surface area (TPSA) is 84.9 Å². The van der Waals surface area contributed by atoms with Crippen LogP contribution < -0.4 is 5.32 Å². The monoisotopic (exact) mass is 259 g/mol. The average molecular weight is 259 g/mol. The number of benzene rings is 1. The Labute approximate surface area is 99.0 Å². The number of carbonyl (C=O) groups excluding carboxylic acids is 1. The molecule has 94 valence electrons. The van der Waals surface area contributed by atoms with Gasteiger partial charge in [-0.2, -0.15) is 0 Å². The highest BCUT2D eigenvalue weighted by Crippen LogP contribution is 2.40. The third-order valence-corrected chi connectivity index (χ3v) is 2.66. The predicted molar refractivity (Wildman–Crippen MR) is 61.3 cm³/mol. The van der Waals surface area contributed by atoms with Gasteiger partial charge >= 0.3 is 7.60 Å². The molecule has 1 atom stereocenters. The highest BCUT2D eigenvalue weighted by molar-refractivity contribution is 7.52. The van der Waals surface area contributed by atoms with Crippen LogP contribution in [0.4, 0.5) is 0 Å². The van der Waals surface area contributed by atoms with E-state index in [4.69, 9.17) is 0 Å². The second-order valence-corrected chi connectivity index (χ2v) is 4.89. The fourth-order valence-corrected chi connectivity index (χ4v) is 1.69. The first kappa shape index (κ1) is 13.9. The largest absolute Gasteiger partial charge is 0.374 e. The number of hydrogen-bond acceptors (Lipinski definition) is 4. The van der Waals surface area contributed by atoms with E-state index in [-0.39, 0.29) is 6.61 Å². The molecular formula is C10H14NO5P. The zero-order valence-corrected chi connectivity index (χ0v) is 10.2. The Morgan fingerprint density at radius 3 is 2.65 bits per heavy atom. The molecule has 0 spiro atoms. The summed E-state index contributed by atoms with van der Waals surface area (Å²) in [4.78, 5) is 25.1. The lowest BCUT2D eigenvalue weighted by molar-refractivity contribution is -0.208. The fourth-order valence-electron chi connectivity index (χ4n) is 1.02. The van der Waals surface area contributed by atoms with E-state index in [0.717, 1.165) is 0 Å². The predicted octanol–water partition coefficient (Wildman–Crippen LogP) is 1.53. The van der Waals surface area contributed by atoms with E-state index < -0.39 is 19.8 Å². The van der Waals surface area contributed by atoms with Gasteiger partial charge in [-0.15, -0.1) is 4.67 Å². The van der Waals surface area contributed by atoms with Crippen molar-refractivity contribution in [2.45, 2.75) is 6.92 Å².